The van der Waals surface area contributed by atoms with E-state index in [0.29, 0.717) is 23.8 Å². The highest BCUT2D eigenvalue weighted by atomic mass is 35.5. The van der Waals surface area contributed by atoms with Crippen molar-refractivity contribution in [3.05, 3.63) is 52.7 Å². The smallest absolute Gasteiger partial charge is 0.269 e. The Hall–Kier alpha value is -2.27. The molecule has 2 heterocycles. The number of aromatic amines is 1. The molecule has 22 heavy (non-hydrogen) atoms. The summed E-state index contributed by atoms with van der Waals surface area (Å²) in [6.07, 6.45) is 1.78. The average Bonchev–Trinajstić information content (AvgIpc) is 3.02. The molecule has 0 unspecified atom stereocenters. The summed E-state index contributed by atoms with van der Waals surface area (Å²) in [6, 6.07) is 7.59. The number of hydrogen-bond donors (Lipinski definition) is 2. The van der Waals surface area contributed by atoms with E-state index in [2.05, 4.69) is 15.3 Å². The zero-order valence-corrected chi connectivity index (χ0v) is 13.2. The number of H-pyrrole nitrogens is 1. The SMILES string of the molecule is Cc1ncn(CCNC(=O)c2[nH]c3ccccc3c2Cl)c1C. The van der Waals surface area contributed by atoms with Gasteiger partial charge in [0.2, 0.25) is 0 Å². The van der Waals surface area contributed by atoms with E-state index in [4.69, 9.17) is 11.6 Å². The Kier molecular flexibility index (Phi) is 3.90. The van der Waals surface area contributed by atoms with E-state index in [1.807, 2.05) is 42.7 Å². The van der Waals surface area contributed by atoms with Crippen molar-refractivity contribution in [2.24, 2.45) is 0 Å². The molecule has 0 aliphatic rings. The van der Waals surface area contributed by atoms with Crippen LogP contribution >= 0.6 is 11.6 Å². The number of carbonyl (C=O) groups is 1. The first-order valence-electron chi connectivity index (χ1n) is 7.10. The van der Waals surface area contributed by atoms with E-state index in [0.717, 1.165) is 22.3 Å². The highest BCUT2D eigenvalue weighted by molar-refractivity contribution is 6.38. The van der Waals surface area contributed by atoms with Crippen LogP contribution in [0.2, 0.25) is 5.02 Å². The molecular formula is C16H17ClN4O. The van der Waals surface area contributed by atoms with Gasteiger partial charge < -0.3 is 14.9 Å². The number of fused-ring (bicyclic) bond motifs is 1. The van der Waals surface area contributed by atoms with Gasteiger partial charge in [-0.1, -0.05) is 29.8 Å². The van der Waals surface area contributed by atoms with Crippen LogP contribution in [0, 0.1) is 13.8 Å². The van der Waals surface area contributed by atoms with Crippen molar-refractivity contribution < 1.29 is 4.79 Å². The highest BCUT2D eigenvalue weighted by Gasteiger charge is 2.15. The summed E-state index contributed by atoms with van der Waals surface area (Å²) in [5.74, 6) is -0.198. The third-order valence-electron chi connectivity index (χ3n) is 3.85. The molecule has 1 amide bonds. The third kappa shape index (κ3) is 2.60. The van der Waals surface area contributed by atoms with E-state index in [1.54, 1.807) is 6.33 Å². The number of carbonyl (C=O) groups excluding carboxylic acids is 1. The van der Waals surface area contributed by atoms with Crippen molar-refractivity contribution in [3.8, 4) is 0 Å². The predicted molar refractivity (Wildman–Crippen MR) is 87.3 cm³/mol. The maximum absolute atomic E-state index is 12.3. The minimum atomic E-state index is -0.198. The van der Waals surface area contributed by atoms with Gasteiger partial charge in [-0.2, -0.15) is 0 Å². The first-order valence-corrected chi connectivity index (χ1v) is 7.48. The van der Waals surface area contributed by atoms with Gasteiger partial charge >= 0.3 is 0 Å². The zero-order chi connectivity index (χ0) is 15.7. The molecule has 0 saturated carbocycles. The maximum Gasteiger partial charge on any atom is 0.269 e. The molecule has 3 aromatic rings. The number of imidazole rings is 1. The Labute approximate surface area is 133 Å². The van der Waals surface area contributed by atoms with Crippen LogP contribution in [0.15, 0.2) is 30.6 Å². The Balaban J connectivity index is 1.69. The Morgan fingerprint density at radius 2 is 2.14 bits per heavy atom. The average molecular weight is 317 g/mol. The fourth-order valence-electron chi connectivity index (χ4n) is 2.41. The fourth-order valence-corrected chi connectivity index (χ4v) is 2.71. The lowest BCUT2D eigenvalue weighted by molar-refractivity contribution is 0.0948. The van der Waals surface area contributed by atoms with Gasteiger partial charge in [0, 0.05) is 29.7 Å². The van der Waals surface area contributed by atoms with Gasteiger partial charge in [-0.15, -0.1) is 0 Å². The topological polar surface area (TPSA) is 62.7 Å². The van der Waals surface area contributed by atoms with Crippen molar-refractivity contribution in [2.75, 3.05) is 6.54 Å². The number of benzene rings is 1. The predicted octanol–water partition coefficient (Wildman–Crippen LogP) is 3.06. The lowest BCUT2D eigenvalue weighted by atomic mass is 10.2. The summed E-state index contributed by atoms with van der Waals surface area (Å²) in [5, 5.41) is 4.20. The number of amides is 1. The van der Waals surface area contributed by atoms with E-state index in [1.165, 1.54) is 0 Å². The Morgan fingerprint density at radius 1 is 1.36 bits per heavy atom. The first-order chi connectivity index (χ1) is 10.6. The molecule has 3 rings (SSSR count). The fraction of sp³-hybridized carbons (Fsp3) is 0.250. The summed E-state index contributed by atoms with van der Waals surface area (Å²) in [6.45, 7) is 5.17. The van der Waals surface area contributed by atoms with Crippen LogP contribution in [0.3, 0.4) is 0 Å². The van der Waals surface area contributed by atoms with Gasteiger partial charge in [0.05, 0.1) is 17.0 Å². The number of aromatic nitrogens is 3. The standard InChI is InChI=1S/C16H17ClN4O/c1-10-11(2)21(9-19-10)8-7-18-16(22)15-14(17)12-5-3-4-6-13(12)20-15/h3-6,9,20H,7-8H2,1-2H3,(H,18,22). The van der Waals surface area contributed by atoms with E-state index >= 15 is 0 Å². The summed E-state index contributed by atoms with van der Waals surface area (Å²) in [7, 11) is 0. The van der Waals surface area contributed by atoms with Crippen LogP contribution in [0.25, 0.3) is 10.9 Å². The lowest BCUT2D eigenvalue weighted by Gasteiger charge is -2.07. The quantitative estimate of drug-likeness (QED) is 0.777. The lowest BCUT2D eigenvalue weighted by Crippen LogP contribution is -2.27. The largest absolute Gasteiger partial charge is 0.349 e. The van der Waals surface area contributed by atoms with Crippen molar-refractivity contribution in [1.82, 2.24) is 19.9 Å². The van der Waals surface area contributed by atoms with Gasteiger partial charge in [0.25, 0.3) is 5.91 Å². The van der Waals surface area contributed by atoms with Crippen LogP contribution < -0.4 is 5.32 Å². The molecular weight excluding hydrogens is 300 g/mol. The van der Waals surface area contributed by atoms with Gasteiger partial charge in [-0.25, -0.2) is 4.98 Å². The summed E-state index contributed by atoms with van der Waals surface area (Å²) < 4.78 is 2.02. The normalized spacial score (nSPS) is 11.0. The van der Waals surface area contributed by atoms with Crippen LogP contribution in [0.5, 0.6) is 0 Å². The molecule has 0 saturated heterocycles. The van der Waals surface area contributed by atoms with Crippen LogP contribution in [-0.2, 0) is 6.54 Å². The summed E-state index contributed by atoms with van der Waals surface area (Å²) in [5.41, 5.74) is 3.38. The molecule has 2 aromatic heterocycles. The second-order valence-corrected chi connectivity index (χ2v) is 5.60. The van der Waals surface area contributed by atoms with Gasteiger partial charge in [0.15, 0.2) is 0 Å². The molecule has 0 fully saturated rings. The second-order valence-electron chi connectivity index (χ2n) is 5.22. The van der Waals surface area contributed by atoms with E-state index < -0.39 is 0 Å². The molecule has 1 aromatic carbocycles. The Bertz CT molecular complexity index is 834. The van der Waals surface area contributed by atoms with Crippen molar-refractivity contribution in [3.63, 3.8) is 0 Å². The number of nitrogens with zero attached hydrogens (tertiary/aromatic N) is 2. The number of hydrogen-bond acceptors (Lipinski definition) is 2. The molecule has 5 nitrogen and oxygen atoms in total. The molecule has 2 N–H and O–H groups in total. The van der Waals surface area contributed by atoms with Gasteiger partial charge in [-0.05, 0) is 19.9 Å². The first kappa shape index (κ1) is 14.7. The number of rotatable bonds is 4. The van der Waals surface area contributed by atoms with E-state index in [-0.39, 0.29) is 5.91 Å². The van der Waals surface area contributed by atoms with Crippen LogP contribution in [0.1, 0.15) is 21.9 Å². The molecule has 0 atom stereocenters. The number of nitrogens with one attached hydrogen (secondary N) is 2. The van der Waals surface area contributed by atoms with Crippen LogP contribution in [-0.4, -0.2) is 27.0 Å². The van der Waals surface area contributed by atoms with Gasteiger partial charge in [-0.3, -0.25) is 4.79 Å². The molecule has 114 valence electrons. The monoisotopic (exact) mass is 316 g/mol. The van der Waals surface area contributed by atoms with Crippen molar-refractivity contribution in [2.45, 2.75) is 20.4 Å². The third-order valence-corrected chi connectivity index (χ3v) is 4.25. The van der Waals surface area contributed by atoms with Crippen LogP contribution in [0.4, 0.5) is 0 Å². The van der Waals surface area contributed by atoms with Crippen molar-refractivity contribution in [1.29, 1.82) is 0 Å². The van der Waals surface area contributed by atoms with Crippen molar-refractivity contribution >= 4 is 28.4 Å². The van der Waals surface area contributed by atoms with E-state index in [9.17, 15) is 4.79 Å². The molecule has 0 bridgehead atoms. The Morgan fingerprint density at radius 3 is 2.82 bits per heavy atom. The number of para-hydroxylation sites is 1. The number of halogens is 1. The number of aryl methyl sites for hydroxylation is 1. The minimum absolute atomic E-state index is 0.198. The second kappa shape index (κ2) is 5.85. The molecule has 0 aliphatic carbocycles. The zero-order valence-electron chi connectivity index (χ0n) is 12.5. The highest BCUT2D eigenvalue weighted by Crippen LogP contribution is 2.26. The maximum atomic E-state index is 12.3. The molecule has 0 radical (unpaired) electrons. The van der Waals surface area contributed by atoms with Gasteiger partial charge in [0.1, 0.15) is 5.69 Å². The minimum Gasteiger partial charge on any atom is -0.349 e. The molecule has 0 aliphatic heterocycles. The molecule has 6 heteroatoms. The molecule has 0 spiro atoms. The summed E-state index contributed by atoms with van der Waals surface area (Å²) in [4.78, 5) is 19.6. The summed E-state index contributed by atoms with van der Waals surface area (Å²) >= 11 is 6.27.